The van der Waals surface area contributed by atoms with E-state index < -0.39 is 0 Å². The summed E-state index contributed by atoms with van der Waals surface area (Å²) in [5.74, 6) is 0.946. The Kier molecular flexibility index (Phi) is 6.79. The summed E-state index contributed by atoms with van der Waals surface area (Å²) in [6.45, 7) is 7.57. The predicted octanol–water partition coefficient (Wildman–Crippen LogP) is 3.04. The molecule has 20 heavy (non-hydrogen) atoms. The van der Waals surface area contributed by atoms with Gasteiger partial charge in [-0.25, -0.2) is 0 Å². The molecule has 1 saturated heterocycles. The first kappa shape index (κ1) is 16.3. The lowest BCUT2D eigenvalue weighted by molar-refractivity contribution is 0.00781. The minimum absolute atomic E-state index is 0.695. The van der Waals surface area contributed by atoms with Gasteiger partial charge in [-0.15, -0.1) is 0 Å². The molecule has 3 atom stereocenters. The van der Waals surface area contributed by atoms with Gasteiger partial charge < -0.3 is 10.1 Å². The van der Waals surface area contributed by atoms with Crippen molar-refractivity contribution in [1.82, 2.24) is 10.2 Å². The Bertz CT molecular complexity index is 266. The summed E-state index contributed by atoms with van der Waals surface area (Å²) < 4.78 is 5.53. The van der Waals surface area contributed by atoms with Gasteiger partial charge in [-0.3, -0.25) is 4.90 Å². The summed E-state index contributed by atoms with van der Waals surface area (Å²) in [5.41, 5.74) is 0. The maximum atomic E-state index is 5.53. The van der Waals surface area contributed by atoms with Gasteiger partial charge in [0.15, 0.2) is 0 Å². The minimum Gasteiger partial charge on any atom is -0.381 e. The van der Waals surface area contributed by atoms with Crippen LogP contribution in [-0.2, 0) is 4.74 Å². The van der Waals surface area contributed by atoms with Gasteiger partial charge in [-0.05, 0) is 51.6 Å². The van der Waals surface area contributed by atoms with E-state index in [0.29, 0.717) is 6.04 Å². The van der Waals surface area contributed by atoms with Gasteiger partial charge >= 0.3 is 0 Å². The van der Waals surface area contributed by atoms with Gasteiger partial charge in [0, 0.05) is 31.3 Å². The molecule has 2 aliphatic rings. The number of nitrogens with one attached hydrogen (secondary N) is 1. The lowest BCUT2D eigenvalue weighted by atomic mass is 9.79. The average molecular weight is 282 g/mol. The van der Waals surface area contributed by atoms with Gasteiger partial charge in [0.2, 0.25) is 0 Å². The van der Waals surface area contributed by atoms with E-state index in [-0.39, 0.29) is 0 Å². The van der Waals surface area contributed by atoms with Crippen LogP contribution in [0.2, 0.25) is 0 Å². The number of nitrogens with zero attached hydrogens (tertiary/aromatic N) is 1. The third-order valence-corrected chi connectivity index (χ3v) is 5.38. The Morgan fingerprint density at radius 1 is 1.10 bits per heavy atom. The van der Waals surface area contributed by atoms with Crippen molar-refractivity contribution < 1.29 is 4.74 Å². The van der Waals surface area contributed by atoms with Crippen molar-refractivity contribution in [2.24, 2.45) is 5.92 Å². The molecule has 0 aromatic heterocycles. The van der Waals surface area contributed by atoms with E-state index in [0.717, 1.165) is 37.8 Å². The second-order valence-electron chi connectivity index (χ2n) is 6.71. The van der Waals surface area contributed by atoms with Crippen LogP contribution in [-0.4, -0.2) is 49.8 Å². The van der Waals surface area contributed by atoms with Crippen LogP contribution in [0.1, 0.15) is 58.8 Å². The van der Waals surface area contributed by atoms with Gasteiger partial charge in [-0.2, -0.15) is 0 Å². The number of rotatable bonds is 6. The van der Waals surface area contributed by atoms with E-state index in [1.54, 1.807) is 0 Å². The lowest BCUT2D eigenvalue weighted by Gasteiger charge is -2.45. The van der Waals surface area contributed by atoms with Crippen molar-refractivity contribution in [3.05, 3.63) is 0 Å². The molecular formula is C17H34N2O. The summed E-state index contributed by atoms with van der Waals surface area (Å²) in [6, 6.07) is 2.15. The first-order valence-electron chi connectivity index (χ1n) is 8.79. The van der Waals surface area contributed by atoms with Gasteiger partial charge in [0.1, 0.15) is 0 Å². The standard InChI is InChI=1S/C17H34N2O/c1-4-6-14-7-8-16(18-5-2)17(13-14)19(3)15-9-11-20-12-10-15/h14-18H,4-13H2,1-3H3. The SMILES string of the molecule is CCCC1CCC(NCC)C(N(C)C2CCOCC2)C1. The summed E-state index contributed by atoms with van der Waals surface area (Å²) in [4.78, 5) is 2.69. The Balaban J connectivity index is 1.97. The molecule has 1 saturated carbocycles. The number of ether oxygens (including phenoxy) is 1. The molecule has 3 heteroatoms. The van der Waals surface area contributed by atoms with Crippen LogP contribution in [0.15, 0.2) is 0 Å². The fraction of sp³-hybridized carbons (Fsp3) is 1.00. The van der Waals surface area contributed by atoms with Crippen LogP contribution in [0.25, 0.3) is 0 Å². The zero-order chi connectivity index (χ0) is 14.4. The Hall–Kier alpha value is -0.120. The van der Waals surface area contributed by atoms with Crippen molar-refractivity contribution in [3.63, 3.8) is 0 Å². The highest BCUT2D eigenvalue weighted by Gasteiger charge is 2.35. The van der Waals surface area contributed by atoms with Gasteiger partial charge in [0.25, 0.3) is 0 Å². The third kappa shape index (κ3) is 4.19. The largest absolute Gasteiger partial charge is 0.381 e. The first-order valence-corrected chi connectivity index (χ1v) is 8.79. The summed E-state index contributed by atoms with van der Waals surface area (Å²) in [5, 5.41) is 3.74. The van der Waals surface area contributed by atoms with E-state index in [4.69, 9.17) is 4.74 Å². The molecule has 3 nitrogen and oxygen atoms in total. The molecule has 2 fully saturated rings. The number of likely N-dealkylation sites (N-methyl/N-ethyl adjacent to an activating group) is 2. The molecule has 0 spiro atoms. The predicted molar refractivity (Wildman–Crippen MR) is 85.1 cm³/mol. The van der Waals surface area contributed by atoms with Crippen LogP contribution in [0.4, 0.5) is 0 Å². The Labute approximate surface area is 125 Å². The summed E-state index contributed by atoms with van der Waals surface area (Å²) in [6.07, 6.45) is 9.34. The molecule has 0 amide bonds. The molecule has 0 aromatic rings. The first-order chi connectivity index (χ1) is 9.76. The molecular weight excluding hydrogens is 248 g/mol. The average Bonchev–Trinajstić information content (AvgIpc) is 2.49. The van der Waals surface area contributed by atoms with Crippen LogP contribution in [0.3, 0.4) is 0 Å². The van der Waals surface area contributed by atoms with E-state index in [1.807, 2.05) is 0 Å². The normalized spacial score (nSPS) is 32.7. The maximum Gasteiger partial charge on any atom is 0.0480 e. The van der Waals surface area contributed by atoms with Crippen LogP contribution < -0.4 is 5.32 Å². The molecule has 0 radical (unpaired) electrons. The highest BCUT2D eigenvalue weighted by molar-refractivity contribution is 4.92. The van der Waals surface area contributed by atoms with Crippen LogP contribution in [0, 0.1) is 5.92 Å². The van der Waals surface area contributed by atoms with Crippen LogP contribution in [0.5, 0.6) is 0 Å². The highest BCUT2D eigenvalue weighted by Crippen LogP contribution is 2.32. The molecule has 2 rings (SSSR count). The molecule has 118 valence electrons. The zero-order valence-corrected chi connectivity index (χ0v) is 13.7. The van der Waals surface area contributed by atoms with Crippen molar-refractivity contribution in [1.29, 1.82) is 0 Å². The van der Waals surface area contributed by atoms with E-state index in [9.17, 15) is 0 Å². The van der Waals surface area contributed by atoms with Crippen molar-refractivity contribution >= 4 is 0 Å². The zero-order valence-electron chi connectivity index (χ0n) is 13.7. The van der Waals surface area contributed by atoms with Gasteiger partial charge in [0.05, 0.1) is 0 Å². The number of hydrogen-bond acceptors (Lipinski definition) is 3. The maximum absolute atomic E-state index is 5.53. The van der Waals surface area contributed by atoms with Gasteiger partial charge in [-0.1, -0.05) is 26.7 Å². The fourth-order valence-corrected chi connectivity index (χ4v) is 4.22. The molecule has 0 bridgehead atoms. The minimum atomic E-state index is 0.695. The number of hydrogen-bond donors (Lipinski definition) is 1. The monoisotopic (exact) mass is 282 g/mol. The highest BCUT2D eigenvalue weighted by atomic mass is 16.5. The smallest absolute Gasteiger partial charge is 0.0480 e. The van der Waals surface area contributed by atoms with Crippen molar-refractivity contribution in [2.75, 3.05) is 26.8 Å². The summed E-state index contributed by atoms with van der Waals surface area (Å²) in [7, 11) is 2.36. The Morgan fingerprint density at radius 2 is 1.85 bits per heavy atom. The second kappa shape index (κ2) is 8.35. The van der Waals surface area contributed by atoms with E-state index in [1.165, 1.54) is 44.9 Å². The van der Waals surface area contributed by atoms with E-state index in [2.05, 4.69) is 31.1 Å². The molecule has 1 N–H and O–H groups in total. The topological polar surface area (TPSA) is 24.5 Å². The lowest BCUT2D eigenvalue weighted by Crippen LogP contribution is -2.55. The van der Waals surface area contributed by atoms with E-state index >= 15 is 0 Å². The molecule has 1 heterocycles. The summed E-state index contributed by atoms with van der Waals surface area (Å²) >= 11 is 0. The van der Waals surface area contributed by atoms with Crippen LogP contribution >= 0.6 is 0 Å². The molecule has 1 aliphatic carbocycles. The molecule has 0 aromatic carbocycles. The fourth-order valence-electron chi connectivity index (χ4n) is 4.22. The quantitative estimate of drug-likeness (QED) is 0.810. The third-order valence-electron chi connectivity index (χ3n) is 5.38. The van der Waals surface area contributed by atoms with Crippen molar-refractivity contribution in [2.45, 2.75) is 76.9 Å². The molecule has 1 aliphatic heterocycles. The van der Waals surface area contributed by atoms with Crippen molar-refractivity contribution in [3.8, 4) is 0 Å². The Morgan fingerprint density at radius 3 is 2.50 bits per heavy atom. The molecule has 3 unspecified atom stereocenters. The second-order valence-corrected chi connectivity index (χ2v) is 6.71.